The maximum atomic E-state index is 11.6. The molecule has 0 radical (unpaired) electrons. The van der Waals surface area contributed by atoms with Crippen LogP contribution < -0.4 is 0 Å². The van der Waals surface area contributed by atoms with Crippen molar-refractivity contribution in [2.45, 2.75) is 13.3 Å². The first-order valence-corrected chi connectivity index (χ1v) is 6.14. The number of carbonyl (C=O) groups excluding carboxylic acids is 2. The van der Waals surface area contributed by atoms with Gasteiger partial charge in [-0.2, -0.15) is 0 Å². The number of methoxy groups -OCH3 is 1. The molecule has 102 valence electrons. The van der Waals surface area contributed by atoms with Crippen molar-refractivity contribution in [2.24, 2.45) is 0 Å². The highest BCUT2D eigenvalue weighted by Crippen LogP contribution is 2.15. The summed E-state index contributed by atoms with van der Waals surface area (Å²) >= 11 is 5.78. The second kappa shape index (κ2) is 7.59. The summed E-state index contributed by atoms with van der Waals surface area (Å²) in [4.78, 5) is 23.0. The molecule has 1 aromatic carbocycles. The van der Waals surface area contributed by atoms with E-state index in [-0.39, 0.29) is 18.6 Å². The van der Waals surface area contributed by atoms with Gasteiger partial charge in [0.25, 0.3) is 0 Å². The van der Waals surface area contributed by atoms with E-state index in [0.717, 1.165) is 5.56 Å². The van der Waals surface area contributed by atoms with Crippen molar-refractivity contribution in [3.05, 3.63) is 40.4 Å². The summed E-state index contributed by atoms with van der Waals surface area (Å²) in [6.07, 6.45) is 1.46. The number of carbonyl (C=O) groups is 2. The van der Waals surface area contributed by atoms with E-state index in [4.69, 9.17) is 16.3 Å². The van der Waals surface area contributed by atoms with Crippen molar-refractivity contribution >= 4 is 29.6 Å². The van der Waals surface area contributed by atoms with Gasteiger partial charge in [0.2, 0.25) is 0 Å². The first-order valence-electron chi connectivity index (χ1n) is 5.77. The molecule has 0 spiro atoms. The summed E-state index contributed by atoms with van der Waals surface area (Å²) in [6, 6.07) is 6.89. The maximum Gasteiger partial charge on any atom is 0.334 e. The number of hydrogen-bond donors (Lipinski definition) is 0. The summed E-state index contributed by atoms with van der Waals surface area (Å²) in [5.74, 6) is -1.02. The standard InChI is InChI=1S/C14H15ClO4/c1-3-19-13(16)9-11(14(17)18-2)8-10-4-6-12(15)7-5-10/h4-8H,3,9H2,1-2H3/b11-8+. The maximum absolute atomic E-state index is 11.6. The number of rotatable bonds is 5. The van der Waals surface area contributed by atoms with Crippen LogP contribution in [0.5, 0.6) is 0 Å². The second-order valence-corrected chi connectivity index (χ2v) is 4.13. The van der Waals surface area contributed by atoms with E-state index in [1.54, 1.807) is 37.3 Å². The van der Waals surface area contributed by atoms with Crippen molar-refractivity contribution in [3.8, 4) is 0 Å². The highest BCUT2D eigenvalue weighted by molar-refractivity contribution is 6.30. The lowest BCUT2D eigenvalue weighted by Crippen LogP contribution is -2.12. The van der Waals surface area contributed by atoms with Gasteiger partial charge in [0.05, 0.1) is 20.1 Å². The van der Waals surface area contributed by atoms with Crippen molar-refractivity contribution in [1.82, 2.24) is 0 Å². The molecule has 19 heavy (non-hydrogen) atoms. The van der Waals surface area contributed by atoms with Crippen LogP contribution in [0.2, 0.25) is 5.02 Å². The van der Waals surface area contributed by atoms with Gasteiger partial charge in [-0.05, 0) is 30.7 Å². The first kappa shape index (κ1) is 15.2. The Hall–Kier alpha value is -1.81. The predicted octanol–water partition coefficient (Wildman–Crippen LogP) is 2.85. The number of esters is 2. The molecule has 0 N–H and O–H groups in total. The summed E-state index contributed by atoms with van der Waals surface area (Å²) in [7, 11) is 1.27. The van der Waals surface area contributed by atoms with Crippen LogP contribution >= 0.6 is 11.6 Å². The molecule has 1 rings (SSSR count). The molecule has 5 heteroatoms. The smallest absolute Gasteiger partial charge is 0.334 e. The first-order chi connectivity index (χ1) is 9.06. The molecule has 0 heterocycles. The van der Waals surface area contributed by atoms with Crippen molar-refractivity contribution in [2.75, 3.05) is 13.7 Å². The second-order valence-electron chi connectivity index (χ2n) is 3.69. The minimum Gasteiger partial charge on any atom is -0.466 e. The van der Waals surface area contributed by atoms with Gasteiger partial charge < -0.3 is 9.47 Å². The normalized spacial score (nSPS) is 11.0. The molecule has 0 aliphatic carbocycles. The van der Waals surface area contributed by atoms with E-state index < -0.39 is 11.9 Å². The Morgan fingerprint density at radius 3 is 2.42 bits per heavy atom. The van der Waals surface area contributed by atoms with Crippen LogP contribution in [0.3, 0.4) is 0 Å². The number of halogens is 1. The van der Waals surface area contributed by atoms with E-state index in [9.17, 15) is 9.59 Å². The lowest BCUT2D eigenvalue weighted by Gasteiger charge is -2.05. The number of ether oxygens (including phenoxy) is 2. The Balaban J connectivity index is 2.93. The van der Waals surface area contributed by atoms with Crippen LogP contribution in [0.15, 0.2) is 29.8 Å². The van der Waals surface area contributed by atoms with Crippen molar-refractivity contribution in [3.63, 3.8) is 0 Å². The van der Waals surface area contributed by atoms with Crippen LogP contribution in [-0.2, 0) is 19.1 Å². The van der Waals surface area contributed by atoms with Gasteiger partial charge in [0, 0.05) is 10.6 Å². The zero-order valence-corrected chi connectivity index (χ0v) is 11.6. The fourth-order valence-electron chi connectivity index (χ4n) is 1.44. The van der Waals surface area contributed by atoms with Gasteiger partial charge >= 0.3 is 11.9 Å². The van der Waals surface area contributed by atoms with Crippen LogP contribution in [0, 0.1) is 0 Å². The Bertz CT molecular complexity index is 477. The minimum atomic E-state index is -0.553. The third-order valence-corrected chi connectivity index (χ3v) is 2.55. The molecule has 0 amide bonds. The topological polar surface area (TPSA) is 52.6 Å². The van der Waals surface area contributed by atoms with Gasteiger partial charge in [-0.1, -0.05) is 23.7 Å². The molecule has 0 atom stereocenters. The lowest BCUT2D eigenvalue weighted by molar-refractivity contribution is -0.145. The van der Waals surface area contributed by atoms with Crippen LogP contribution in [-0.4, -0.2) is 25.7 Å². The third-order valence-electron chi connectivity index (χ3n) is 2.30. The Morgan fingerprint density at radius 2 is 1.89 bits per heavy atom. The molecule has 0 aromatic heterocycles. The molecule has 0 fully saturated rings. The average Bonchev–Trinajstić information content (AvgIpc) is 2.40. The third kappa shape index (κ3) is 5.14. The quantitative estimate of drug-likeness (QED) is 0.615. The minimum absolute atomic E-state index is 0.122. The lowest BCUT2D eigenvalue weighted by atomic mass is 10.1. The molecule has 0 unspecified atom stereocenters. The SMILES string of the molecule is CCOC(=O)C/C(=C\c1ccc(Cl)cc1)C(=O)OC. The molecule has 0 aliphatic heterocycles. The summed E-state index contributed by atoms with van der Waals surface area (Å²) in [5, 5.41) is 0.599. The zero-order chi connectivity index (χ0) is 14.3. The average molecular weight is 283 g/mol. The highest BCUT2D eigenvalue weighted by Gasteiger charge is 2.15. The van der Waals surface area contributed by atoms with Crippen molar-refractivity contribution < 1.29 is 19.1 Å². The Kier molecular flexibility index (Phi) is 6.09. The van der Waals surface area contributed by atoms with Crippen LogP contribution in [0.25, 0.3) is 6.08 Å². The van der Waals surface area contributed by atoms with Gasteiger partial charge in [0.1, 0.15) is 0 Å². The molecule has 0 saturated heterocycles. The van der Waals surface area contributed by atoms with E-state index >= 15 is 0 Å². The molecular weight excluding hydrogens is 268 g/mol. The van der Waals surface area contributed by atoms with E-state index in [1.807, 2.05) is 0 Å². The summed E-state index contributed by atoms with van der Waals surface area (Å²) in [6.45, 7) is 1.98. The van der Waals surface area contributed by atoms with E-state index in [2.05, 4.69) is 4.74 Å². The number of hydrogen-bond acceptors (Lipinski definition) is 4. The number of benzene rings is 1. The van der Waals surface area contributed by atoms with Crippen LogP contribution in [0.4, 0.5) is 0 Å². The molecule has 0 aliphatic rings. The monoisotopic (exact) mass is 282 g/mol. The van der Waals surface area contributed by atoms with Crippen molar-refractivity contribution in [1.29, 1.82) is 0 Å². The molecule has 4 nitrogen and oxygen atoms in total. The van der Waals surface area contributed by atoms with Gasteiger partial charge in [-0.15, -0.1) is 0 Å². The van der Waals surface area contributed by atoms with E-state index in [1.165, 1.54) is 7.11 Å². The predicted molar refractivity (Wildman–Crippen MR) is 72.7 cm³/mol. The van der Waals surface area contributed by atoms with Gasteiger partial charge in [0.15, 0.2) is 0 Å². The Labute approximate surface area is 117 Å². The Morgan fingerprint density at radius 1 is 1.26 bits per heavy atom. The fourth-order valence-corrected chi connectivity index (χ4v) is 1.57. The molecule has 0 saturated carbocycles. The highest BCUT2D eigenvalue weighted by atomic mass is 35.5. The summed E-state index contributed by atoms with van der Waals surface area (Å²) in [5.41, 5.74) is 0.998. The van der Waals surface area contributed by atoms with Gasteiger partial charge in [-0.3, -0.25) is 4.79 Å². The molecule has 1 aromatic rings. The molecular formula is C14H15ClO4. The van der Waals surface area contributed by atoms with Gasteiger partial charge in [-0.25, -0.2) is 4.79 Å². The molecule has 0 bridgehead atoms. The fraction of sp³-hybridized carbons (Fsp3) is 0.286. The van der Waals surface area contributed by atoms with Crippen LogP contribution in [0.1, 0.15) is 18.9 Å². The largest absolute Gasteiger partial charge is 0.466 e. The summed E-state index contributed by atoms with van der Waals surface area (Å²) < 4.78 is 9.46. The zero-order valence-electron chi connectivity index (χ0n) is 10.8. The van der Waals surface area contributed by atoms with E-state index in [0.29, 0.717) is 5.02 Å².